The first-order valence-corrected chi connectivity index (χ1v) is 11.8. The third-order valence-electron chi connectivity index (χ3n) is 5.80. The van der Waals surface area contributed by atoms with E-state index in [0.29, 0.717) is 22.7 Å². The normalized spacial score (nSPS) is 10.7. The first-order chi connectivity index (χ1) is 16.9. The molecule has 0 radical (unpaired) electrons. The van der Waals surface area contributed by atoms with Crippen molar-refractivity contribution in [1.82, 2.24) is 20.0 Å². The predicted octanol–water partition coefficient (Wildman–Crippen LogP) is 3.96. The summed E-state index contributed by atoms with van der Waals surface area (Å²) in [5.74, 6) is 0.377. The van der Waals surface area contributed by atoms with Gasteiger partial charge in [0.2, 0.25) is 5.91 Å². The largest absolute Gasteiger partial charge is 0.496 e. The van der Waals surface area contributed by atoms with E-state index in [1.165, 1.54) is 11.3 Å². The van der Waals surface area contributed by atoms with Crippen molar-refractivity contribution >= 4 is 33.2 Å². The highest BCUT2D eigenvalue weighted by atomic mass is 32.1. The highest BCUT2D eigenvalue weighted by Gasteiger charge is 2.22. The van der Waals surface area contributed by atoms with Crippen LogP contribution in [0, 0.1) is 11.3 Å². The van der Waals surface area contributed by atoms with Crippen molar-refractivity contribution < 1.29 is 14.3 Å². The summed E-state index contributed by atoms with van der Waals surface area (Å²) in [5, 5.41) is 16.8. The fourth-order valence-corrected chi connectivity index (χ4v) is 5.06. The molecule has 0 unspecified atom stereocenters. The molecular weight excluding hydrogens is 462 g/mol. The number of ether oxygens (including phenoxy) is 1. The average molecular weight is 488 g/mol. The Hall–Kier alpha value is -4.16. The minimum absolute atomic E-state index is 0.140. The molecule has 0 aliphatic rings. The van der Waals surface area contributed by atoms with Crippen molar-refractivity contribution in [2.24, 2.45) is 7.05 Å². The van der Waals surface area contributed by atoms with Crippen molar-refractivity contribution in [1.29, 1.82) is 5.26 Å². The lowest BCUT2D eigenvalue weighted by molar-refractivity contribution is -0.120. The minimum Gasteiger partial charge on any atom is -0.496 e. The molecule has 2 aromatic carbocycles. The maximum absolute atomic E-state index is 13.7. The van der Waals surface area contributed by atoms with Crippen LogP contribution in [0.3, 0.4) is 0 Å². The number of nitrogens with zero attached hydrogens (tertiary/aromatic N) is 4. The van der Waals surface area contributed by atoms with Crippen LogP contribution in [0.5, 0.6) is 5.75 Å². The van der Waals surface area contributed by atoms with Gasteiger partial charge in [0.1, 0.15) is 5.75 Å². The van der Waals surface area contributed by atoms with Crippen LogP contribution in [0.25, 0.3) is 21.3 Å². The van der Waals surface area contributed by atoms with Gasteiger partial charge in [0.15, 0.2) is 0 Å². The Morgan fingerprint density at radius 2 is 1.97 bits per heavy atom. The Balaban J connectivity index is 1.72. The fourth-order valence-electron chi connectivity index (χ4n) is 3.90. The smallest absolute Gasteiger partial charge is 0.264 e. The van der Waals surface area contributed by atoms with Gasteiger partial charge in [-0.15, -0.1) is 11.3 Å². The third-order valence-corrected chi connectivity index (χ3v) is 6.96. The number of nitrogens with one attached hydrogen (secondary N) is 1. The monoisotopic (exact) mass is 487 g/mol. The molecule has 0 aliphatic heterocycles. The maximum atomic E-state index is 13.7. The summed E-state index contributed by atoms with van der Waals surface area (Å²) in [6.45, 7) is 0.583. The van der Waals surface area contributed by atoms with E-state index in [1.54, 1.807) is 42.1 Å². The molecule has 0 spiro atoms. The first kappa shape index (κ1) is 24.0. The van der Waals surface area contributed by atoms with Crippen molar-refractivity contribution in [3.05, 3.63) is 70.7 Å². The summed E-state index contributed by atoms with van der Waals surface area (Å²) in [7, 11) is 5.06. The molecule has 0 saturated heterocycles. The standard InChI is InChI=1S/C26H25N5O3S/c1-28-24(32)11-13-31(16-18-6-4-17(15-27)5-7-18)26(33)23-14-20-22(34-3)9-8-19(25(20)35-23)21-10-12-29-30(21)2/h4-10,12,14H,11,13,16H2,1-3H3,(H,28,32). The van der Waals surface area contributed by atoms with Gasteiger partial charge in [0, 0.05) is 55.5 Å². The Labute approximate surface area is 207 Å². The number of hydrogen-bond donors (Lipinski definition) is 1. The van der Waals surface area contributed by atoms with Gasteiger partial charge in [-0.05, 0) is 42.0 Å². The Morgan fingerprint density at radius 3 is 2.60 bits per heavy atom. The molecule has 8 nitrogen and oxygen atoms in total. The number of rotatable bonds is 8. The number of methoxy groups -OCH3 is 1. The number of aromatic nitrogens is 2. The van der Waals surface area contributed by atoms with Crippen molar-refractivity contribution in [3.63, 3.8) is 0 Å². The van der Waals surface area contributed by atoms with Crippen molar-refractivity contribution in [3.8, 4) is 23.1 Å². The van der Waals surface area contributed by atoms with Crippen LogP contribution in [0.4, 0.5) is 0 Å². The molecule has 0 bridgehead atoms. The number of carbonyl (C=O) groups excluding carboxylic acids is 2. The summed E-state index contributed by atoms with van der Waals surface area (Å²) < 4.78 is 8.30. The molecule has 2 aromatic heterocycles. The van der Waals surface area contributed by atoms with E-state index < -0.39 is 0 Å². The van der Waals surface area contributed by atoms with Crippen LogP contribution >= 0.6 is 11.3 Å². The molecule has 0 fully saturated rings. The van der Waals surface area contributed by atoms with Crippen LogP contribution in [-0.4, -0.2) is 47.2 Å². The number of fused-ring (bicyclic) bond motifs is 1. The quantitative estimate of drug-likeness (QED) is 0.406. The molecular formula is C26H25N5O3S. The number of nitriles is 1. The summed E-state index contributed by atoms with van der Waals surface area (Å²) in [4.78, 5) is 27.9. The number of hydrogen-bond acceptors (Lipinski definition) is 6. The van der Waals surface area contributed by atoms with Gasteiger partial charge in [-0.3, -0.25) is 14.3 Å². The Kier molecular flexibility index (Phi) is 7.13. The molecule has 35 heavy (non-hydrogen) atoms. The zero-order valence-electron chi connectivity index (χ0n) is 19.7. The van der Waals surface area contributed by atoms with Gasteiger partial charge in [-0.2, -0.15) is 10.4 Å². The van der Waals surface area contributed by atoms with Gasteiger partial charge in [-0.1, -0.05) is 12.1 Å². The van der Waals surface area contributed by atoms with Gasteiger partial charge in [-0.25, -0.2) is 0 Å². The van der Waals surface area contributed by atoms with E-state index >= 15 is 0 Å². The molecule has 9 heteroatoms. The van der Waals surface area contributed by atoms with Crippen LogP contribution in [0.15, 0.2) is 54.7 Å². The summed E-state index contributed by atoms with van der Waals surface area (Å²) in [6.07, 6.45) is 1.93. The Morgan fingerprint density at radius 1 is 1.20 bits per heavy atom. The molecule has 0 saturated carbocycles. The summed E-state index contributed by atoms with van der Waals surface area (Å²) in [6, 6.07) is 16.9. The third kappa shape index (κ3) is 5.03. The van der Waals surface area contributed by atoms with Crippen LogP contribution in [-0.2, 0) is 18.4 Å². The highest BCUT2D eigenvalue weighted by molar-refractivity contribution is 7.21. The lowest BCUT2D eigenvalue weighted by Gasteiger charge is -2.22. The van der Waals surface area contributed by atoms with Crippen LogP contribution < -0.4 is 10.1 Å². The van der Waals surface area contributed by atoms with Crippen LogP contribution in [0.2, 0.25) is 0 Å². The number of amides is 2. The highest BCUT2D eigenvalue weighted by Crippen LogP contribution is 2.40. The molecule has 4 aromatic rings. The Bertz CT molecular complexity index is 1420. The summed E-state index contributed by atoms with van der Waals surface area (Å²) >= 11 is 1.40. The SMILES string of the molecule is CNC(=O)CCN(Cc1ccc(C#N)cc1)C(=O)c1cc2c(OC)ccc(-c3ccnn3C)c2s1. The van der Waals surface area contributed by atoms with Crippen molar-refractivity contribution in [2.45, 2.75) is 13.0 Å². The van der Waals surface area contributed by atoms with E-state index in [0.717, 1.165) is 26.9 Å². The average Bonchev–Trinajstić information content (AvgIpc) is 3.52. The van der Waals surface area contributed by atoms with Crippen LogP contribution in [0.1, 0.15) is 27.2 Å². The molecule has 1 N–H and O–H groups in total. The number of carbonyl (C=O) groups is 2. The molecule has 178 valence electrons. The van der Waals surface area contributed by atoms with E-state index in [4.69, 9.17) is 10.00 Å². The second kappa shape index (κ2) is 10.4. The lowest BCUT2D eigenvalue weighted by Crippen LogP contribution is -2.33. The van der Waals surface area contributed by atoms with Gasteiger partial charge in [0.05, 0.1) is 29.3 Å². The van der Waals surface area contributed by atoms with E-state index in [1.807, 2.05) is 43.4 Å². The number of aryl methyl sites for hydroxylation is 1. The predicted molar refractivity (Wildman–Crippen MR) is 135 cm³/mol. The molecule has 2 heterocycles. The van der Waals surface area contributed by atoms with E-state index in [2.05, 4.69) is 16.5 Å². The first-order valence-electron chi connectivity index (χ1n) is 11.0. The molecule has 4 rings (SSSR count). The van der Waals surface area contributed by atoms with Gasteiger partial charge >= 0.3 is 0 Å². The zero-order valence-corrected chi connectivity index (χ0v) is 20.6. The second-order valence-corrected chi connectivity index (χ2v) is 9.02. The van der Waals surface area contributed by atoms with E-state index in [-0.39, 0.29) is 24.8 Å². The fraction of sp³-hybridized carbons (Fsp3) is 0.231. The molecule has 0 atom stereocenters. The maximum Gasteiger partial charge on any atom is 0.264 e. The molecule has 2 amide bonds. The lowest BCUT2D eigenvalue weighted by atomic mass is 10.1. The minimum atomic E-state index is -0.169. The second-order valence-electron chi connectivity index (χ2n) is 7.97. The zero-order chi connectivity index (χ0) is 24.9. The number of thiophene rings is 1. The van der Waals surface area contributed by atoms with Gasteiger partial charge < -0.3 is 15.0 Å². The van der Waals surface area contributed by atoms with Gasteiger partial charge in [0.25, 0.3) is 5.91 Å². The summed E-state index contributed by atoms with van der Waals surface area (Å²) in [5.41, 5.74) is 3.33. The number of benzene rings is 2. The molecule has 0 aliphatic carbocycles. The van der Waals surface area contributed by atoms with E-state index in [9.17, 15) is 9.59 Å². The topological polar surface area (TPSA) is 100 Å². The van der Waals surface area contributed by atoms with Crippen molar-refractivity contribution in [2.75, 3.05) is 20.7 Å².